The van der Waals surface area contributed by atoms with Crippen LogP contribution in [-0.2, 0) is 15.0 Å². The van der Waals surface area contributed by atoms with E-state index in [4.69, 9.17) is 11.6 Å². The van der Waals surface area contributed by atoms with Crippen molar-refractivity contribution in [2.24, 2.45) is 0 Å². The molecule has 0 saturated carbocycles. The number of amides is 1. The number of hydrogen-bond acceptors (Lipinski definition) is 3. The molecular weight excluding hydrogens is 438 g/mol. The first kappa shape index (κ1) is 24.2. The summed E-state index contributed by atoms with van der Waals surface area (Å²) in [6.45, 7) is 4.87. The highest BCUT2D eigenvalue weighted by molar-refractivity contribution is 6.30. The Bertz CT molecular complexity index is 1140. The van der Waals surface area contributed by atoms with E-state index in [9.17, 15) is 19.5 Å². The number of carboxylic acid groups (broad SMARTS) is 1. The van der Waals surface area contributed by atoms with Crippen LogP contribution < -0.4 is 0 Å². The number of hydrogen-bond donors (Lipinski definition) is 1. The smallest absolute Gasteiger partial charge is 0.319 e. The zero-order valence-electron chi connectivity index (χ0n) is 18.6. The van der Waals surface area contributed by atoms with E-state index in [-0.39, 0.29) is 12.3 Å². The average Bonchev–Trinajstić information content (AvgIpc) is 2.84. The van der Waals surface area contributed by atoms with Gasteiger partial charge in [0, 0.05) is 30.1 Å². The lowest BCUT2D eigenvalue weighted by Gasteiger charge is -2.30. The Morgan fingerprint density at radius 1 is 0.909 bits per heavy atom. The van der Waals surface area contributed by atoms with Crippen molar-refractivity contribution in [3.63, 3.8) is 0 Å². The van der Waals surface area contributed by atoms with Gasteiger partial charge in [-0.1, -0.05) is 60.1 Å². The maximum Gasteiger partial charge on any atom is 0.319 e. The maximum absolute atomic E-state index is 12.9. The van der Waals surface area contributed by atoms with E-state index in [1.807, 2.05) is 38.1 Å². The molecule has 0 heterocycles. The van der Waals surface area contributed by atoms with Crippen molar-refractivity contribution in [3.05, 3.63) is 94.5 Å². The fraction of sp³-hybridized carbons (Fsp3) is 0.222. The summed E-state index contributed by atoms with van der Waals surface area (Å²) in [5.74, 6) is -1.33. The van der Waals surface area contributed by atoms with Crippen LogP contribution in [0, 0.1) is 0 Å². The number of nitrogens with zero attached hydrogens (tertiary/aromatic N) is 1. The van der Waals surface area contributed by atoms with Gasteiger partial charge < -0.3 is 14.8 Å². The van der Waals surface area contributed by atoms with Crippen LogP contribution in [0.1, 0.15) is 41.8 Å². The van der Waals surface area contributed by atoms with Crippen LogP contribution in [-0.4, -0.2) is 41.3 Å². The fourth-order valence-corrected chi connectivity index (χ4v) is 4.19. The van der Waals surface area contributed by atoms with E-state index < -0.39 is 11.4 Å². The number of rotatable bonds is 9. The highest BCUT2D eigenvalue weighted by Crippen LogP contribution is 2.37. The molecule has 0 aliphatic rings. The van der Waals surface area contributed by atoms with Gasteiger partial charge in [-0.3, -0.25) is 9.59 Å². The van der Waals surface area contributed by atoms with Crippen molar-refractivity contribution in [1.82, 2.24) is 4.90 Å². The lowest BCUT2D eigenvalue weighted by molar-refractivity contribution is -0.143. The summed E-state index contributed by atoms with van der Waals surface area (Å²) in [4.78, 5) is 38.9. The largest absolute Gasteiger partial charge is 0.480 e. The van der Waals surface area contributed by atoms with Crippen LogP contribution in [0.2, 0.25) is 5.02 Å². The molecule has 0 aliphatic carbocycles. The zero-order chi connectivity index (χ0) is 24.0. The number of aliphatic carboxylic acids is 1. The molecule has 0 bridgehead atoms. The van der Waals surface area contributed by atoms with Crippen molar-refractivity contribution in [1.29, 1.82) is 0 Å². The van der Waals surface area contributed by atoms with E-state index in [1.165, 1.54) is 0 Å². The van der Waals surface area contributed by atoms with E-state index in [0.717, 1.165) is 11.1 Å². The second-order valence-corrected chi connectivity index (χ2v) is 8.16. The third-order valence-electron chi connectivity index (χ3n) is 5.96. The van der Waals surface area contributed by atoms with Crippen molar-refractivity contribution in [3.8, 4) is 11.1 Å². The fourth-order valence-electron chi connectivity index (χ4n) is 4.06. The number of carbonyl (C=O) groups is 3. The predicted octanol–water partition coefficient (Wildman–Crippen LogP) is 5.45. The summed E-state index contributed by atoms with van der Waals surface area (Å²) >= 11 is 5.97. The number of carboxylic acids is 1. The molecule has 5 nitrogen and oxygen atoms in total. The molecule has 0 radical (unpaired) electrons. The molecule has 0 spiro atoms. The van der Waals surface area contributed by atoms with Gasteiger partial charge in [0.25, 0.3) is 5.91 Å². The molecule has 0 unspecified atom stereocenters. The van der Waals surface area contributed by atoms with Crippen LogP contribution in [0.15, 0.2) is 72.8 Å². The van der Waals surface area contributed by atoms with Crippen molar-refractivity contribution in [2.45, 2.75) is 25.7 Å². The van der Waals surface area contributed by atoms with Gasteiger partial charge >= 0.3 is 5.97 Å². The van der Waals surface area contributed by atoms with E-state index in [0.29, 0.717) is 41.1 Å². The second kappa shape index (κ2) is 10.5. The topological polar surface area (TPSA) is 74.7 Å². The monoisotopic (exact) mass is 463 g/mol. The number of halogens is 1. The van der Waals surface area contributed by atoms with Gasteiger partial charge in [0.15, 0.2) is 0 Å². The summed E-state index contributed by atoms with van der Waals surface area (Å²) in [5, 5.41) is 11.0. The Hall–Kier alpha value is -3.44. The van der Waals surface area contributed by atoms with E-state index in [2.05, 4.69) is 0 Å². The van der Waals surface area contributed by atoms with Gasteiger partial charge in [-0.2, -0.15) is 0 Å². The molecule has 3 rings (SSSR count). The van der Waals surface area contributed by atoms with Gasteiger partial charge in [0.1, 0.15) is 11.7 Å². The normalized spacial score (nSPS) is 12.6. The lowest BCUT2D eigenvalue weighted by atomic mass is 9.71. The summed E-state index contributed by atoms with van der Waals surface area (Å²) in [5.41, 5.74) is 1.47. The quantitative estimate of drug-likeness (QED) is 0.428. The Kier molecular flexibility index (Phi) is 7.67. The van der Waals surface area contributed by atoms with Crippen LogP contribution in [0.4, 0.5) is 0 Å². The molecule has 170 valence electrons. The van der Waals surface area contributed by atoms with Crippen LogP contribution in [0.3, 0.4) is 0 Å². The van der Waals surface area contributed by atoms with Crippen molar-refractivity contribution >= 4 is 29.8 Å². The number of benzene rings is 3. The van der Waals surface area contributed by atoms with Crippen LogP contribution >= 0.6 is 11.6 Å². The minimum atomic E-state index is -1.61. The standard InChI is InChI=1S/C27H26ClNO4/c1-3-29(4-2)25(31)21-6-5-7-23(18-21)27(16-17-30,26(32)33)22-12-8-19(9-13-22)20-10-14-24(28)15-11-20/h5-15,17-18H,3-4,16H2,1-2H3,(H,32,33)/t27-/m1/s1. The van der Waals surface area contributed by atoms with Crippen molar-refractivity contribution < 1.29 is 19.5 Å². The minimum absolute atomic E-state index is 0.176. The molecule has 6 heteroatoms. The van der Waals surface area contributed by atoms with Gasteiger partial charge in [-0.25, -0.2) is 0 Å². The molecule has 1 amide bonds. The minimum Gasteiger partial charge on any atom is -0.480 e. The van der Waals surface area contributed by atoms with E-state index in [1.54, 1.807) is 53.4 Å². The molecule has 0 fully saturated rings. The number of carbonyl (C=O) groups excluding carboxylic acids is 2. The zero-order valence-corrected chi connectivity index (χ0v) is 19.4. The molecule has 1 atom stereocenters. The maximum atomic E-state index is 12.9. The summed E-state index contributed by atoms with van der Waals surface area (Å²) in [6.07, 6.45) is 0.353. The first-order valence-electron chi connectivity index (χ1n) is 10.8. The molecule has 1 N–H and O–H groups in total. The molecule has 0 aliphatic heterocycles. The second-order valence-electron chi connectivity index (χ2n) is 7.72. The lowest BCUT2D eigenvalue weighted by Crippen LogP contribution is -2.38. The molecule has 0 saturated heterocycles. The van der Waals surface area contributed by atoms with E-state index >= 15 is 0 Å². The van der Waals surface area contributed by atoms with Gasteiger partial charge in [0.2, 0.25) is 0 Å². The van der Waals surface area contributed by atoms with Crippen molar-refractivity contribution in [2.75, 3.05) is 13.1 Å². The summed E-state index contributed by atoms with van der Waals surface area (Å²) in [7, 11) is 0. The Morgan fingerprint density at radius 3 is 2.00 bits per heavy atom. The highest BCUT2D eigenvalue weighted by atomic mass is 35.5. The molecular formula is C27H26ClNO4. The SMILES string of the molecule is CCN(CC)C(=O)c1cccc([C@](CC=O)(C(=O)O)c2ccc(-c3ccc(Cl)cc3)cc2)c1. The summed E-state index contributed by atoms with van der Waals surface area (Å²) < 4.78 is 0. The Morgan fingerprint density at radius 2 is 1.48 bits per heavy atom. The van der Waals surface area contributed by atoms with Gasteiger partial charge in [0.05, 0.1) is 0 Å². The molecule has 3 aromatic carbocycles. The first-order valence-corrected chi connectivity index (χ1v) is 11.2. The highest BCUT2D eigenvalue weighted by Gasteiger charge is 2.42. The third kappa shape index (κ3) is 4.83. The average molecular weight is 464 g/mol. The molecule has 0 aromatic heterocycles. The Balaban J connectivity index is 2.10. The summed E-state index contributed by atoms with van der Waals surface area (Å²) in [6, 6.07) is 21.0. The third-order valence-corrected chi connectivity index (χ3v) is 6.21. The Labute approximate surface area is 198 Å². The predicted molar refractivity (Wildman–Crippen MR) is 130 cm³/mol. The molecule has 3 aromatic rings. The van der Waals surface area contributed by atoms with Crippen LogP contribution in [0.25, 0.3) is 11.1 Å². The van der Waals surface area contributed by atoms with Crippen LogP contribution in [0.5, 0.6) is 0 Å². The first-order chi connectivity index (χ1) is 15.9. The van der Waals surface area contributed by atoms with Gasteiger partial charge in [-0.15, -0.1) is 0 Å². The molecule has 33 heavy (non-hydrogen) atoms. The van der Waals surface area contributed by atoms with Gasteiger partial charge in [-0.05, 0) is 60.4 Å². The number of aldehydes is 1.